The van der Waals surface area contributed by atoms with Gasteiger partial charge in [-0.2, -0.15) is 0 Å². The summed E-state index contributed by atoms with van der Waals surface area (Å²) >= 11 is 0. The van der Waals surface area contributed by atoms with Crippen LogP contribution >= 0.6 is 24.0 Å². The highest BCUT2D eigenvalue weighted by molar-refractivity contribution is 14.0. The number of hydrogen-bond acceptors (Lipinski definition) is 3. The van der Waals surface area contributed by atoms with Gasteiger partial charge in [-0.05, 0) is 24.2 Å². The topological polar surface area (TPSA) is 70.6 Å². The van der Waals surface area contributed by atoms with Gasteiger partial charge in [-0.1, -0.05) is 20.8 Å². The van der Waals surface area contributed by atoms with E-state index in [9.17, 15) is 8.42 Å². The second-order valence-electron chi connectivity index (χ2n) is 6.43. The van der Waals surface area contributed by atoms with Crippen LogP contribution in [0.1, 0.15) is 33.6 Å². The van der Waals surface area contributed by atoms with Crippen LogP contribution in [0.4, 0.5) is 0 Å². The van der Waals surface area contributed by atoms with Crippen LogP contribution in [0.5, 0.6) is 0 Å². The third kappa shape index (κ3) is 8.28. The van der Waals surface area contributed by atoms with Gasteiger partial charge in [-0.15, -0.1) is 24.0 Å². The molecule has 0 aromatic heterocycles. The third-order valence-electron chi connectivity index (χ3n) is 3.54. The molecule has 1 fully saturated rings. The Balaban J connectivity index is 0.00000361. The standard InChI is InChI=1S/C13H27N3O2S.HI/c1-10-8-11(10)16-12(14-4)15-9-13(2,3)6-7-19(5,17)18;/h10-11H,6-9H2,1-5H3,(H2,14,15,16);1H. The van der Waals surface area contributed by atoms with E-state index >= 15 is 0 Å². The van der Waals surface area contributed by atoms with Crippen molar-refractivity contribution in [1.29, 1.82) is 0 Å². The molecule has 120 valence electrons. The Morgan fingerprint density at radius 1 is 1.40 bits per heavy atom. The van der Waals surface area contributed by atoms with Gasteiger partial charge in [0.25, 0.3) is 0 Å². The molecule has 7 heteroatoms. The fourth-order valence-electron chi connectivity index (χ4n) is 1.77. The lowest BCUT2D eigenvalue weighted by atomic mass is 9.90. The van der Waals surface area contributed by atoms with Crippen LogP contribution < -0.4 is 10.6 Å². The molecule has 0 aliphatic heterocycles. The van der Waals surface area contributed by atoms with Crippen LogP contribution in [0, 0.1) is 11.3 Å². The number of nitrogens with zero attached hydrogens (tertiary/aromatic N) is 1. The Morgan fingerprint density at radius 3 is 2.35 bits per heavy atom. The maximum Gasteiger partial charge on any atom is 0.191 e. The average Bonchev–Trinajstić information content (AvgIpc) is 2.97. The zero-order chi connectivity index (χ0) is 14.7. The Labute approximate surface area is 140 Å². The van der Waals surface area contributed by atoms with E-state index in [4.69, 9.17) is 0 Å². The summed E-state index contributed by atoms with van der Waals surface area (Å²) in [5.41, 5.74) is -0.0735. The quantitative estimate of drug-likeness (QED) is 0.392. The lowest BCUT2D eigenvalue weighted by Gasteiger charge is -2.25. The number of guanidine groups is 1. The van der Waals surface area contributed by atoms with Crippen LogP contribution in [0.15, 0.2) is 4.99 Å². The van der Waals surface area contributed by atoms with Crippen molar-refractivity contribution in [1.82, 2.24) is 10.6 Å². The number of rotatable bonds is 6. The molecule has 0 spiro atoms. The molecule has 1 saturated carbocycles. The van der Waals surface area contributed by atoms with Crippen molar-refractivity contribution in [2.45, 2.75) is 39.7 Å². The fourth-order valence-corrected chi connectivity index (χ4v) is 2.69. The highest BCUT2D eigenvalue weighted by atomic mass is 127. The van der Waals surface area contributed by atoms with Crippen LogP contribution in [-0.2, 0) is 9.84 Å². The van der Waals surface area contributed by atoms with Crippen LogP contribution in [-0.4, -0.2) is 46.0 Å². The van der Waals surface area contributed by atoms with Crippen molar-refractivity contribution >= 4 is 39.8 Å². The Hall–Kier alpha value is -0.0500. The predicted molar refractivity (Wildman–Crippen MR) is 95.6 cm³/mol. The highest BCUT2D eigenvalue weighted by Gasteiger charge is 2.33. The van der Waals surface area contributed by atoms with Crippen LogP contribution in [0.25, 0.3) is 0 Å². The van der Waals surface area contributed by atoms with Crippen molar-refractivity contribution in [3.05, 3.63) is 0 Å². The maximum atomic E-state index is 11.2. The summed E-state index contributed by atoms with van der Waals surface area (Å²) in [5, 5.41) is 6.64. The Morgan fingerprint density at radius 2 is 1.95 bits per heavy atom. The second kappa shape index (κ2) is 7.82. The second-order valence-corrected chi connectivity index (χ2v) is 8.69. The van der Waals surface area contributed by atoms with Gasteiger partial charge in [0.2, 0.25) is 0 Å². The van der Waals surface area contributed by atoms with Gasteiger partial charge in [0.15, 0.2) is 5.96 Å². The molecule has 1 aliphatic rings. The first-order chi connectivity index (χ1) is 8.63. The third-order valence-corrected chi connectivity index (χ3v) is 4.48. The normalized spacial score (nSPS) is 22.9. The maximum absolute atomic E-state index is 11.2. The molecule has 2 unspecified atom stereocenters. The Kier molecular flexibility index (Phi) is 7.80. The Bertz CT molecular complexity index is 435. The van der Waals surface area contributed by atoms with E-state index in [-0.39, 0.29) is 35.1 Å². The molecule has 20 heavy (non-hydrogen) atoms. The van der Waals surface area contributed by atoms with Crippen molar-refractivity contribution in [3.8, 4) is 0 Å². The van der Waals surface area contributed by atoms with E-state index in [2.05, 4.69) is 36.4 Å². The van der Waals surface area contributed by atoms with Gasteiger partial charge in [-0.25, -0.2) is 8.42 Å². The first kappa shape index (κ1) is 19.9. The van der Waals surface area contributed by atoms with Crippen molar-refractivity contribution in [3.63, 3.8) is 0 Å². The molecule has 0 bridgehead atoms. The summed E-state index contributed by atoms with van der Waals surface area (Å²) in [6.45, 7) is 7.06. The molecule has 0 aromatic rings. The van der Waals surface area contributed by atoms with Gasteiger partial charge < -0.3 is 10.6 Å². The van der Waals surface area contributed by atoms with E-state index in [0.29, 0.717) is 19.0 Å². The SMILES string of the molecule is CN=C(NCC(C)(C)CCS(C)(=O)=O)NC1CC1C.I. The van der Waals surface area contributed by atoms with Gasteiger partial charge in [0, 0.05) is 25.9 Å². The van der Waals surface area contributed by atoms with E-state index in [0.717, 1.165) is 11.9 Å². The minimum atomic E-state index is -2.89. The number of aliphatic imine (C=N–C) groups is 1. The van der Waals surface area contributed by atoms with Gasteiger partial charge in [-0.3, -0.25) is 4.99 Å². The molecule has 0 heterocycles. The molecule has 2 atom stereocenters. The number of nitrogens with one attached hydrogen (secondary N) is 2. The average molecular weight is 417 g/mol. The molecular formula is C13H28IN3O2S. The van der Waals surface area contributed by atoms with Crippen molar-refractivity contribution in [2.75, 3.05) is 25.6 Å². The van der Waals surface area contributed by atoms with Crippen molar-refractivity contribution in [2.24, 2.45) is 16.3 Å². The zero-order valence-electron chi connectivity index (χ0n) is 13.1. The molecule has 2 N–H and O–H groups in total. The highest BCUT2D eigenvalue weighted by Crippen LogP contribution is 2.28. The number of hydrogen-bond donors (Lipinski definition) is 2. The van der Waals surface area contributed by atoms with Crippen LogP contribution in [0.3, 0.4) is 0 Å². The molecule has 0 amide bonds. The lowest BCUT2D eigenvalue weighted by Crippen LogP contribution is -2.43. The number of sulfone groups is 1. The fraction of sp³-hybridized carbons (Fsp3) is 0.923. The smallest absolute Gasteiger partial charge is 0.191 e. The first-order valence-corrected chi connectivity index (χ1v) is 8.84. The molecule has 1 aliphatic carbocycles. The van der Waals surface area contributed by atoms with Gasteiger partial charge in [0.1, 0.15) is 9.84 Å². The van der Waals surface area contributed by atoms with E-state index in [1.165, 1.54) is 12.7 Å². The monoisotopic (exact) mass is 417 g/mol. The van der Waals surface area contributed by atoms with E-state index in [1.54, 1.807) is 7.05 Å². The summed E-state index contributed by atoms with van der Waals surface area (Å²) in [7, 11) is -1.14. The largest absolute Gasteiger partial charge is 0.356 e. The summed E-state index contributed by atoms with van der Waals surface area (Å²) in [4.78, 5) is 4.19. The first-order valence-electron chi connectivity index (χ1n) is 6.78. The lowest BCUT2D eigenvalue weighted by molar-refractivity contribution is 0.348. The molecule has 5 nitrogen and oxygen atoms in total. The molecule has 0 aromatic carbocycles. The summed E-state index contributed by atoms with van der Waals surface area (Å²) in [5.74, 6) is 1.76. The minimum Gasteiger partial charge on any atom is -0.356 e. The van der Waals surface area contributed by atoms with Gasteiger partial charge in [0.05, 0.1) is 5.75 Å². The molecule has 0 saturated heterocycles. The van der Waals surface area contributed by atoms with E-state index < -0.39 is 9.84 Å². The predicted octanol–water partition coefficient (Wildman–Crippen LogP) is 1.64. The summed E-state index contributed by atoms with van der Waals surface area (Å²) in [6.07, 6.45) is 3.12. The van der Waals surface area contributed by atoms with Crippen LogP contribution in [0.2, 0.25) is 0 Å². The zero-order valence-corrected chi connectivity index (χ0v) is 16.2. The number of halogens is 1. The minimum absolute atomic E-state index is 0. The summed E-state index contributed by atoms with van der Waals surface area (Å²) in [6, 6.07) is 0.533. The van der Waals surface area contributed by atoms with Gasteiger partial charge >= 0.3 is 0 Å². The summed E-state index contributed by atoms with van der Waals surface area (Å²) < 4.78 is 22.4. The van der Waals surface area contributed by atoms with E-state index in [1.807, 2.05) is 0 Å². The van der Waals surface area contributed by atoms with Crippen molar-refractivity contribution < 1.29 is 8.42 Å². The molecular weight excluding hydrogens is 389 g/mol. The molecule has 1 rings (SSSR count). The molecule has 0 radical (unpaired) electrons.